The van der Waals surface area contributed by atoms with E-state index in [0.29, 0.717) is 44.1 Å². The predicted octanol–water partition coefficient (Wildman–Crippen LogP) is -0.446. The summed E-state index contributed by atoms with van der Waals surface area (Å²) in [4.78, 5) is 176. The lowest BCUT2D eigenvalue weighted by Crippen LogP contribution is -2.61. The van der Waals surface area contributed by atoms with E-state index in [1.807, 2.05) is 0 Å². The number of para-hydroxylation sites is 1. The third-order valence-corrected chi connectivity index (χ3v) is 16.8. The molecule has 2 aliphatic rings. The molecular weight excluding hydrogens is 1280 g/mol. The highest BCUT2D eigenvalue weighted by molar-refractivity contribution is 6.30. The molecule has 520 valence electrons. The number of guanidine groups is 1. The topological polar surface area (TPSA) is 455 Å². The maximum atomic E-state index is 14.8. The Morgan fingerprint density at radius 2 is 1.25 bits per heavy atom. The number of hydrogen-bond acceptors (Lipinski definition) is 14. The Morgan fingerprint density at radius 3 is 1.84 bits per heavy atom. The van der Waals surface area contributed by atoms with Gasteiger partial charge in [-0.25, -0.2) is 0 Å². The molecule has 2 fully saturated rings. The van der Waals surface area contributed by atoms with E-state index in [9.17, 15) is 62.6 Å². The van der Waals surface area contributed by atoms with Gasteiger partial charge in [0.25, 0.3) is 0 Å². The molecule has 18 N–H and O–H groups in total. The maximum Gasteiger partial charge on any atom is 0.245 e. The largest absolute Gasteiger partial charge is 0.394 e. The number of nitrogens with one attached hydrogen (secondary N) is 11. The minimum atomic E-state index is -1.84. The number of aliphatic hydroxyl groups excluding tert-OH is 1. The molecule has 3 heterocycles. The van der Waals surface area contributed by atoms with Crippen molar-refractivity contribution < 1.29 is 62.6 Å². The number of aliphatic hydroxyl groups is 1. The van der Waals surface area contributed by atoms with Crippen molar-refractivity contribution in [3.05, 3.63) is 106 Å². The number of carbonyl (C=O) groups excluding carboxylic acids is 12. The van der Waals surface area contributed by atoms with E-state index in [2.05, 4.69) is 63.1 Å². The van der Waals surface area contributed by atoms with Crippen molar-refractivity contribution >= 4 is 111 Å². The Balaban J connectivity index is 1.27. The van der Waals surface area contributed by atoms with Gasteiger partial charge in [-0.1, -0.05) is 79.5 Å². The number of amides is 12. The number of hydrogen-bond donors (Lipinski definition) is 15. The molecule has 3 aromatic carbocycles. The predicted molar refractivity (Wildman–Crippen MR) is 358 cm³/mol. The van der Waals surface area contributed by atoms with Gasteiger partial charge in [0.1, 0.15) is 60.4 Å². The van der Waals surface area contributed by atoms with Crippen molar-refractivity contribution in [3.63, 3.8) is 0 Å². The summed E-state index contributed by atoms with van der Waals surface area (Å²) in [6.07, 6.45) is 1.73. The summed E-state index contributed by atoms with van der Waals surface area (Å²) in [5.74, 6) is -9.94. The van der Waals surface area contributed by atoms with Crippen LogP contribution in [-0.4, -0.2) is 178 Å². The fraction of sp³-hybridized carbons (Fsp3) is 0.492. The lowest BCUT2D eigenvalue weighted by Gasteiger charge is -2.31. The average Bonchev–Trinajstić information content (AvgIpc) is 1.68. The number of fused-ring (bicyclic) bond motifs is 1. The van der Waals surface area contributed by atoms with Gasteiger partial charge in [0.15, 0.2) is 5.96 Å². The fourth-order valence-corrected chi connectivity index (χ4v) is 11.4. The molecule has 2 saturated heterocycles. The van der Waals surface area contributed by atoms with Crippen molar-refractivity contribution in [3.8, 4) is 0 Å². The molecule has 12 amide bonds. The number of aliphatic imine (C=N–C) groups is 1. The smallest absolute Gasteiger partial charge is 0.245 e. The second-order valence-electron chi connectivity index (χ2n) is 24.4. The highest BCUT2D eigenvalue weighted by Gasteiger charge is 2.40. The second kappa shape index (κ2) is 37.1. The number of likely N-dealkylation sites (tertiary alicyclic amines) is 1. The third-order valence-electron chi connectivity index (χ3n) is 16.3. The number of aromatic nitrogens is 1. The van der Waals surface area contributed by atoms with Crippen LogP contribution in [-0.2, 0) is 76.8 Å². The number of rotatable bonds is 26. The standard InChI is InChI=1S/C65H88Cl2N16O13/c1-35(2)29-48-58(90)78-47(64(96)83-28-10-15-53(83)63(95)74-36(3)55(68)87)13-7-8-26-71-54(86)25-24-46(57(89)76-45(56(88)79-48)14-9-27-72-65(69)70)77-62(94)52(34-84)82-61(93)51(32-40-33-73-44-12-6-5-11-43(40)44)81-60(92)50(31-39-18-22-42(67)23-19-39)80-59(91)49(75-37(4)85)30-38-16-20-41(66)21-17-38/h5-6,11-12,16-23,33,35-36,45-53,73,84H,7-10,13-15,24-32,34H2,1-4H3,(H2,68,87)(H,71,86)(H,74,95)(H,75,85)(H,76,89)(H,77,94)(H,78,90)(H,79,88)(H,80,91)(H,81,92)(H,82,93)(H4,69,70,72)/t36-,45-,46+,47+,48+,49-,50-,51-,52+,53+/m1/s1. The SMILES string of the molecule is CC(=O)N[C@H](Cc1ccc(Cl)cc1)C(=O)N[C@H](Cc1ccc(Cl)cc1)C(=O)N[C@H](Cc1c[nH]c2ccccc12)C(=O)N[C@@H](CO)C(=O)N[C@H]1CCC(=O)NCCCC[C@@H](C(=O)N2CCC[C@H]2C(=O)N[C@H](C)C(N)=O)NC(=O)[C@H](CC(C)C)NC(=O)[C@@H](CCCN=C(N)N)NC1=O. The summed E-state index contributed by atoms with van der Waals surface area (Å²) in [5, 5.41) is 39.0. The zero-order chi connectivity index (χ0) is 70.2. The van der Waals surface area contributed by atoms with Crippen molar-refractivity contribution in [2.75, 3.05) is 26.2 Å². The molecular formula is C65H88Cl2N16O13. The summed E-state index contributed by atoms with van der Waals surface area (Å²) >= 11 is 12.3. The Labute approximate surface area is 565 Å². The lowest BCUT2D eigenvalue weighted by molar-refractivity contribution is -0.142. The van der Waals surface area contributed by atoms with Crippen LogP contribution in [0.4, 0.5) is 0 Å². The first-order valence-corrected chi connectivity index (χ1v) is 32.7. The minimum absolute atomic E-state index is 0.000409. The fourth-order valence-electron chi connectivity index (χ4n) is 11.2. The molecule has 0 spiro atoms. The van der Waals surface area contributed by atoms with Gasteiger partial charge >= 0.3 is 0 Å². The molecule has 2 aliphatic heterocycles. The first-order valence-electron chi connectivity index (χ1n) is 32.0. The Morgan fingerprint density at radius 1 is 0.667 bits per heavy atom. The minimum Gasteiger partial charge on any atom is -0.394 e. The van der Waals surface area contributed by atoms with E-state index in [-0.39, 0.29) is 95.7 Å². The number of aromatic amines is 1. The monoisotopic (exact) mass is 1370 g/mol. The summed E-state index contributed by atoms with van der Waals surface area (Å²) in [7, 11) is 0. The number of benzene rings is 3. The van der Waals surface area contributed by atoms with Gasteiger partial charge < -0.3 is 85.4 Å². The summed E-state index contributed by atoms with van der Waals surface area (Å²) in [6.45, 7) is 5.38. The third kappa shape index (κ3) is 23.5. The number of H-pyrrole nitrogens is 1. The van der Waals surface area contributed by atoms with Crippen LogP contribution in [0, 0.1) is 5.92 Å². The molecule has 1 aromatic heterocycles. The zero-order valence-electron chi connectivity index (χ0n) is 54.1. The molecule has 0 radical (unpaired) electrons. The molecule has 29 nitrogen and oxygen atoms in total. The van der Waals surface area contributed by atoms with E-state index in [0.717, 1.165) is 0 Å². The van der Waals surface area contributed by atoms with Crippen molar-refractivity contribution in [1.82, 2.24) is 63.1 Å². The molecule has 0 saturated carbocycles. The van der Waals surface area contributed by atoms with Crippen molar-refractivity contribution in [2.24, 2.45) is 28.1 Å². The molecule has 4 aromatic rings. The van der Waals surface area contributed by atoms with Gasteiger partial charge in [-0.2, -0.15) is 0 Å². The van der Waals surface area contributed by atoms with Crippen molar-refractivity contribution in [1.29, 1.82) is 0 Å². The van der Waals surface area contributed by atoms with Crippen LogP contribution in [0.25, 0.3) is 10.9 Å². The molecule has 6 rings (SSSR count). The van der Waals surface area contributed by atoms with Gasteiger partial charge in [0.05, 0.1) is 6.61 Å². The number of carbonyl (C=O) groups is 12. The molecule has 0 unspecified atom stereocenters. The number of nitrogens with zero attached hydrogens (tertiary/aromatic N) is 2. The quantitative estimate of drug-likeness (QED) is 0.0215. The van der Waals surface area contributed by atoms with Crippen LogP contribution in [0.3, 0.4) is 0 Å². The number of halogens is 2. The van der Waals surface area contributed by atoms with Gasteiger partial charge in [-0.05, 0) is 118 Å². The highest BCUT2D eigenvalue weighted by Crippen LogP contribution is 2.23. The van der Waals surface area contributed by atoms with Crippen LogP contribution in [0.2, 0.25) is 10.0 Å². The first-order chi connectivity index (χ1) is 45.7. The Kier molecular flexibility index (Phi) is 29.2. The van der Waals surface area contributed by atoms with Crippen LogP contribution < -0.4 is 70.4 Å². The molecule has 96 heavy (non-hydrogen) atoms. The summed E-state index contributed by atoms with van der Waals surface area (Å²) < 4.78 is 0. The van der Waals surface area contributed by atoms with Crippen molar-refractivity contribution in [2.45, 2.75) is 172 Å². The molecule has 10 atom stereocenters. The molecule has 0 aliphatic carbocycles. The van der Waals surface area contributed by atoms with Gasteiger partial charge in [0.2, 0.25) is 70.9 Å². The Hall–Kier alpha value is -9.35. The van der Waals surface area contributed by atoms with Gasteiger partial charge in [-0.3, -0.25) is 62.5 Å². The number of primary amides is 1. The van der Waals surface area contributed by atoms with E-state index < -0.39 is 151 Å². The summed E-state index contributed by atoms with van der Waals surface area (Å²) in [6, 6.07) is 6.55. The Bertz CT molecular complexity index is 3440. The molecule has 31 heteroatoms. The summed E-state index contributed by atoms with van der Waals surface area (Å²) in [5.41, 5.74) is 19.0. The zero-order valence-corrected chi connectivity index (χ0v) is 55.6. The van der Waals surface area contributed by atoms with Crippen LogP contribution >= 0.6 is 23.2 Å². The first kappa shape index (κ1) is 75.7. The van der Waals surface area contributed by atoms with Crippen LogP contribution in [0.15, 0.2) is 84.0 Å². The second-order valence-corrected chi connectivity index (χ2v) is 25.2. The molecule has 0 bridgehead atoms. The number of nitrogens with two attached hydrogens (primary N) is 3. The van der Waals surface area contributed by atoms with E-state index in [1.54, 1.807) is 92.8 Å². The normalized spacial score (nSPS) is 19.8. The highest BCUT2D eigenvalue weighted by atomic mass is 35.5. The van der Waals surface area contributed by atoms with E-state index >= 15 is 0 Å². The lowest BCUT2D eigenvalue weighted by atomic mass is 10.00. The maximum absolute atomic E-state index is 14.8. The van der Waals surface area contributed by atoms with Gasteiger partial charge in [-0.15, -0.1) is 0 Å². The van der Waals surface area contributed by atoms with E-state index in [1.165, 1.54) is 18.7 Å². The van der Waals surface area contributed by atoms with Gasteiger partial charge in [0, 0.05) is 79.4 Å². The van der Waals surface area contributed by atoms with Crippen LogP contribution in [0.5, 0.6) is 0 Å². The average molecular weight is 1370 g/mol. The van der Waals surface area contributed by atoms with Crippen LogP contribution in [0.1, 0.15) is 109 Å². The van der Waals surface area contributed by atoms with E-state index in [4.69, 9.17) is 40.4 Å².